The van der Waals surface area contributed by atoms with Crippen molar-refractivity contribution < 1.29 is 47.8 Å². The molecule has 0 fully saturated rings. The number of carbonyl (C=O) groups excluding carboxylic acids is 7. The average molecular weight is 1340 g/mol. The van der Waals surface area contributed by atoms with Crippen molar-refractivity contribution in [2.45, 2.75) is 81.6 Å². The van der Waals surface area contributed by atoms with Gasteiger partial charge in [-0.1, -0.05) is 109 Å². The molecule has 6 aromatic heterocycles. The monoisotopic (exact) mass is 1340 g/mol. The highest BCUT2D eigenvalue weighted by Crippen LogP contribution is 2.28. The highest BCUT2D eigenvalue weighted by Gasteiger charge is 2.36. The molecule has 15 N–H and O–H groups in total. The number of nitrogens with two attached hydrogens (primary N) is 2. The van der Waals surface area contributed by atoms with E-state index in [1.807, 2.05) is 152 Å². The Bertz CT molecular complexity index is 4810. The van der Waals surface area contributed by atoms with E-state index in [-0.39, 0.29) is 70.4 Å². The zero-order chi connectivity index (χ0) is 68.6. The van der Waals surface area contributed by atoms with Crippen molar-refractivity contribution in [3.05, 3.63) is 216 Å². The molecule has 6 amide bonds. The number of rotatable bonds is 36. The molecule has 6 heterocycles. The number of hydrogen-bond acceptors (Lipinski definition) is 11. The number of fused-ring (bicyclic) bond motifs is 6. The van der Waals surface area contributed by atoms with Gasteiger partial charge in [-0.05, 0) is 76.2 Å². The van der Waals surface area contributed by atoms with Gasteiger partial charge in [0.1, 0.15) is 36.0 Å². The molecule has 0 saturated heterocycles. The molecule has 99 heavy (non-hydrogen) atoms. The van der Waals surface area contributed by atoms with Crippen LogP contribution in [0, 0.1) is 5.92 Å². The number of ether oxygens (including phenoxy) is 3. The van der Waals surface area contributed by atoms with Crippen molar-refractivity contribution in [3.63, 3.8) is 0 Å². The molecule has 0 spiro atoms. The van der Waals surface area contributed by atoms with Crippen LogP contribution in [0.25, 0.3) is 65.4 Å². The van der Waals surface area contributed by atoms with Crippen LogP contribution >= 0.6 is 0 Å². The summed E-state index contributed by atoms with van der Waals surface area (Å²) < 4.78 is 16.7. The first-order chi connectivity index (χ1) is 48.3. The Hall–Kier alpha value is -11.1. The molecule has 12 aromatic rings. The Balaban J connectivity index is 0.847. The summed E-state index contributed by atoms with van der Waals surface area (Å²) in [5.41, 5.74) is 20.6. The zero-order valence-corrected chi connectivity index (χ0v) is 54.6. The normalized spacial score (nSPS) is 13.5. The van der Waals surface area contributed by atoms with E-state index in [4.69, 9.17) is 25.7 Å². The summed E-state index contributed by atoms with van der Waals surface area (Å²) in [6.45, 7) is 2.23. The van der Waals surface area contributed by atoms with E-state index < -0.39 is 71.6 Å². The lowest BCUT2D eigenvalue weighted by Crippen LogP contribution is -2.60. The van der Waals surface area contributed by atoms with Gasteiger partial charge in [0.25, 0.3) is 0 Å². The molecule has 0 aliphatic rings. The summed E-state index contributed by atoms with van der Waals surface area (Å²) in [4.78, 5) is 124. The van der Waals surface area contributed by atoms with Gasteiger partial charge >= 0.3 is 0 Å². The number of benzene rings is 6. The van der Waals surface area contributed by atoms with E-state index in [0.717, 1.165) is 76.5 Å². The number of para-hydroxylation sites is 6. The van der Waals surface area contributed by atoms with E-state index in [9.17, 15) is 9.59 Å². The standard InChI is InChI=1S/C76H81N13O10/c77-26-28-98-30-32-99-31-29-97-27-25-53(90)34-46(33-47-40-79-60-19-7-1-13-54(47)60)72(92)86-67(36-49-42-81-62-21-9-3-15-56(49)62)74(94)88-69(38-51-44-83-64-23-11-5-17-58(51)64)76(96)89-70(39-52-45-84-65-24-12-6-18-59(52)65)75(95)87-68(37-50-43-82-63-22-10-4-16-57(50)63)73(93)85-66(71(78)91)35-48-41-80-61-20-8-2-14-55(48)61/h1-24,40-46,66-70,79-84H,25-39,77H2,(H2,78,91)(H,85,93)(H,86,92)(H,87,95)(H,88,94)(H,89,96)/t46-,66-,67-,68+,69+,70-/m1/s1. The summed E-state index contributed by atoms with van der Waals surface area (Å²) in [7, 11) is 0. The summed E-state index contributed by atoms with van der Waals surface area (Å²) in [6.07, 6.45) is 10.4. The van der Waals surface area contributed by atoms with Crippen LogP contribution in [0.3, 0.4) is 0 Å². The molecule has 23 heteroatoms. The van der Waals surface area contributed by atoms with E-state index >= 15 is 24.0 Å². The molecule has 6 aromatic carbocycles. The van der Waals surface area contributed by atoms with E-state index in [1.165, 1.54) is 0 Å². The SMILES string of the molecule is NCCOCCOCCOCCC(=O)C[C@@H](Cc1c[nH]c2ccccc12)C(=O)N[C@H](Cc1c[nH]c2ccccc12)C(=O)N[C@@H](Cc1c[nH]c2ccccc12)C(=O)N[C@H](Cc1c[nH]c2ccccc12)C(=O)N[C@@H](Cc1c[nH]c2ccccc12)C(=O)N[C@H](Cc1c[nH]c2ccccc12)C(N)=O. The van der Waals surface area contributed by atoms with Crippen molar-refractivity contribution >= 4 is 107 Å². The summed E-state index contributed by atoms with van der Waals surface area (Å²) in [5, 5.41) is 19.9. The zero-order valence-electron chi connectivity index (χ0n) is 54.6. The van der Waals surface area contributed by atoms with Gasteiger partial charge in [0, 0.05) is 160 Å². The van der Waals surface area contributed by atoms with Crippen molar-refractivity contribution in [2.24, 2.45) is 17.4 Å². The number of Topliss-reactive ketones (excluding diaryl/α,β-unsaturated/α-hetero) is 1. The van der Waals surface area contributed by atoms with Crippen LogP contribution in [0.5, 0.6) is 0 Å². The van der Waals surface area contributed by atoms with Crippen molar-refractivity contribution in [3.8, 4) is 0 Å². The number of aromatic amines is 6. The van der Waals surface area contributed by atoms with E-state index in [1.54, 1.807) is 31.0 Å². The lowest BCUT2D eigenvalue weighted by Gasteiger charge is -2.28. The number of aromatic nitrogens is 6. The second-order valence-corrected chi connectivity index (χ2v) is 24.9. The van der Waals surface area contributed by atoms with Gasteiger partial charge in [-0.2, -0.15) is 0 Å². The molecular weight excluding hydrogens is 1250 g/mol. The molecule has 510 valence electrons. The molecule has 12 rings (SSSR count). The number of ketones is 1. The molecular formula is C76H81N13O10. The van der Waals surface area contributed by atoms with Crippen LogP contribution in [0.4, 0.5) is 0 Å². The van der Waals surface area contributed by atoms with Gasteiger partial charge in [-0.3, -0.25) is 33.6 Å². The third-order valence-corrected chi connectivity index (χ3v) is 18.2. The van der Waals surface area contributed by atoms with Gasteiger partial charge in [0.05, 0.1) is 39.6 Å². The number of hydrogen-bond donors (Lipinski definition) is 13. The van der Waals surface area contributed by atoms with E-state index in [2.05, 4.69) is 56.5 Å². The molecule has 0 saturated carbocycles. The average Bonchev–Trinajstić information content (AvgIpc) is 1.78. The van der Waals surface area contributed by atoms with Crippen LogP contribution in [0.15, 0.2) is 183 Å². The summed E-state index contributed by atoms with van der Waals surface area (Å²) >= 11 is 0. The minimum Gasteiger partial charge on any atom is -0.379 e. The number of carbonyl (C=O) groups is 7. The molecule has 0 bridgehead atoms. The first-order valence-corrected chi connectivity index (χ1v) is 33.4. The fourth-order valence-electron chi connectivity index (χ4n) is 13.1. The summed E-state index contributed by atoms with van der Waals surface area (Å²) in [6, 6.07) is 38.6. The van der Waals surface area contributed by atoms with Crippen LogP contribution in [0.2, 0.25) is 0 Å². The fraction of sp³-hybridized carbons (Fsp3) is 0.276. The Kier molecular flexibility index (Phi) is 22.1. The third-order valence-electron chi connectivity index (χ3n) is 18.2. The van der Waals surface area contributed by atoms with Crippen LogP contribution in [0.1, 0.15) is 46.2 Å². The minimum atomic E-state index is -1.41. The Labute approximate surface area is 569 Å². The first kappa shape index (κ1) is 67.9. The largest absolute Gasteiger partial charge is 0.379 e. The van der Waals surface area contributed by atoms with Crippen LogP contribution in [-0.2, 0) is 86.3 Å². The summed E-state index contributed by atoms with van der Waals surface area (Å²) in [5.74, 6) is -5.50. The molecule has 0 radical (unpaired) electrons. The predicted molar refractivity (Wildman–Crippen MR) is 380 cm³/mol. The number of primary amides is 1. The van der Waals surface area contributed by atoms with Crippen molar-refractivity contribution in [2.75, 3.05) is 46.2 Å². The fourth-order valence-corrected chi connectivity index (χ4v) is 13.1. The van der Waals surface area contributed by atoms with Gasteiger partial charge in [-0.25, -0.2) is 0 Å². The highest BCUT2D eigenvalue weighted by atomic mass is 16.5. The van der Waals surface area contributed by atoms with Gasteiger partial charge in [-0.15, -0.1) is 0 Å². The van der Waals surface area contributed by atoms with Crippen LogP contribution < -0.4 is 38.1 Å². The van der Waals surface area contributed by atoms with Gasteiger partial charge in [0.2, 0.25) is 35.4 Å². The van der Waals surface area contributed by atoms with Crippen LogP contribution in [-0.4, -0.2) is 148 Å². The Morgan fingerprint density at radius 1 is 0.323 bits per heavy atom. The molecule has 6 atom stereocenters. The predicted octanol–water partition coefficient (Wildman–Crippen LogP) is 7.21. The second kappa shape index (κ2) is 32.3. The maximum atomic E-state index is 15.8. The highest BCUT2D eigenvalue weighted by molar-refractivity contribution is 5.99. The Morgan fingerprint density at radius 3 is 0.879 bits per heavy atom. The van der Waals surface area contributed by atoms with Crippen molar-refractivity contribution in [1.82, 2.24) is 56.5 Å². The second-order valence-electron chi connectivity index (χ2n) is 24.9. The maximum Gasteiger partial charge on any atom is 0.243 e. The van der Waals surface area contributed by atoms with E-state index in [0.29, 0.717) is 55.2 Å². The first-order valence-electron chi connectivity index (χ1n) is 33.4. The quantitative estimate of drug-likeness (QED) is 0.0174. The topological polar surface area (TPSA) is 354 Å². The number of H-pyrrole nitrogens is 6. The molecule has 23 nitrogen and oxygen atoms in total. The molecule has 0 unspecified atom stereocenters. The lowest BCUT2D eigenvalue weighted by atomic mass is 9.91. The van der Waals surface area contributed by atoms with Crippen molar-refractivity contribution in [1.29, 1.82) is 0 Å². The van der Waals surface area contributed by atoms with Gasteiger partial charge < -0.3 is 82.2 Å². The molecule has 0 aliphatic carbocycles. The Morgan fingerprint density at radius 2 is 0.576 bits per heavy atom. The maximum absolute atomic E-state index is 15.8. The number of nitrogens with one attached hydrogen (secondary N) is 11. The lowest BCUT2D eigenvalue weighted by molar-refractivity contribution is -0.135. The third kappa shape index (κ3) is 16.8. The number of amides is 6. The molecule has 0 aliphatic heterocycles. The van der Waals surface area contributed by atoms with Gasteiger partial charge in [0.15, 0.2) is 0 Å². The smallest absolute Gasteiger partial charge is 0.243 e. The minimum absolute atomic E-state index is 0.0146.